The molecule has 0 aliphatic carbocycles. The van der Waals surface area contributed by atoms with Crippen LogP contribution in [-0.2, 0) is 11.2 Å². The summed E-state index contributed by atoms with van der Waals surface area (Å²) in [5.74, 6) is -1.70. The van der Waals surface area contributed by atoms with E-state index >= 15 is 0 Å². The predicted molar refractivity (Wildman–Crippen MR) is 115 cm³/mol. The third-order valence-corrected chi connectivity index (χ3v) is 5.00. The topological polar surface area (TPSA) is 98.5 Å². The molecule has 7 heteroatoms. The zero-order valence-corrected chi connectivity index (χ0v) is 16.6. The summed E-state index contributed by atoms with van der Waals surface area (Å²) in [4.78, 5) is 41.7. The van der Waals surface area contributed by atoms with Crippen LogP contribution >= 0.6 is 0 Å². The first-order valence-electron chi connectivity index (χ1n) is 9.50. The number of carbonyl (C=O) groups excluding carboxylic acids is 1. The molecule has 7 nitrogen and oxygen atoms in total. The fourth-order valence-electron chi connectivity index (χ4n) is 3.54. The van der Waals surface area contributed by atoms with Gasteiger partial charge in [0.05, 0.1) is 18.1 Å². The molecule has 0 atom stereocenters. The lowest BCUT2D eigenvalue weighted by Gasteiger charge is -2.18. The first-order chi connectivity index (χ1) is 15.0. The van der Waals surface area contributed by atoms with Gasteiger partial charge in [0.1, 0.15) is 11.3 Å². The first kappa shape index (κ1) is 20.0. The number of methoxy groups -OCH3 is 1. The van der Waals surface area contributed by atoms with Crippen LogP contribution in [0, 0.1) is 0 Å². The third-order valence-electron chi connectivity index (χ3n) is 5.00. The normalized spacial score (nSPS) is 10.7. The second-order valence-electron chi connectivity index (χ2n) is 6.87. The number of rotatable bonds is 5. The highest BCUT2D eigenvalue weighted by Gasteiger charge is 2.24. The van der Waals surface area contributed by atoms with E-state index in [2.05, 4.69) is 4.98 Å². The molecule has 0 spiro atoms. The predicted octanol–water partition coefficient (Wildman–Crippen LogP) is 3.46. The fraction of sp³-hybridized carbons (Fsp3) is 0.0833. The molecular weight excluding hydrogens is 396 g/mol. The molecule has 0 saturated heterocycles. The lowest BCUT2D eigenvalue weighted by atomic mass is 9.99. The third kappa shape index (κ3) is 3.69. The number of hydrogen-bond donors (Lipinski definition) is 1. The molecular formula is C24H18N2O5. The van der Waals surface area contributed by atoms with Gasteiger partial charge in [-0.15, -0.1) is 0 Å². The summed E-state index contributed by atoms with van der Waals surface area (Å²) in [5, 5.41) is 9.49. The number of carboxylic acids is 1. The monoisotopic (exact) mass is 414 g/mol. The zero-order chi connectivity index (χ0) is 22.0. The molecule has 0 fully saturated rings. The average Bonchev–Trinajstić information content (AvgIpc) is 2.81. The van der Waals surface area contributed by atoms with Crippen LogP contribution in [-0.4, -0.2) is 33.7 Å². The van der Waals surface area contributed by atoms with Crippen molar-refractivity contribution in [2.45, 2.75) is 6.42 Å². The molecule has 0 radical (unpaired) electrons. The number of carbonyl (C=O) groups is 2. The maximum absolute atomic E-state index is 13.4. The van der Waals surface area contributed by atoms with E-state index in [-0.39, 0.29) is 28.7 Å². The van der Waals surface area contributed by atoms with Crippen LogP contribution in [0.4, 0.5) is 0 Å². The van der Waals surface area contributed by atoms with Crippen LogP contribution in [0.2, 0.25) is 0 Å². The maximum Gasteiger partial charge on any atom is 0.355 e. The van der Waals surface area contributed by atoms with Crippen molar-refractivity contribution >= 4 is 23.0 Å². The van der Waals surface area contributed by atoms with Crippen LogP contribution in [0.5, 0.6) is 0 Å². The Hall–Kier alpha value is -4.26. The molecule has 4 aromatic rings. The van der Waals surface area contributed by atoms with Crippen LogP contribution in [0.25, 0.3) is 16.7 Å². The van der Waals surface area contributed by atoms with Gasteiger partial charge < -0.3 is 9.84 Å². The largest absolute Gasteiger partial charge is 0.478 e. The van der Waals surface area contributed by atoms with E-state index in [0.29, 0.717) is 22.3 Å². The summed E-state index contributed by atoms with van der Waals surface area (Å²) in [6.07, 6.45) is 1.69. The molecule has 0 amide bonds. The molecule has 2 heterocycles. The highest BCUT2D eigenvalue weighted by atomic mass is 16.5. The van der Waals surface area contributed by atoms with Crippen LogP contribution in [0.15, 0.2) is 77.7 Å². The van der Waals surface area contributed by atoms with Gasteiger partial charge in [-0.2, -0.15) is 0 Å². The highest BCUT2D eigenvalue weighted by Crippen LogP contribution is 2.23. The quantitative estimate of drug-likeness (QED) is 0.502. The fourth-order valence-corrected chi connectivity index (χ4v) is 3.54. The number of fused-ring (bicyclic) bond motifs is 1. The molecule has 0 saturated carbocycles. The number of aromatic nitrogens is 2. The summed E-state index contributed by atoms with van der Waals surface area (Å²) in [7, 11) is 1.26. The molecule has 0 aliphatic heterocycles. The number of esters is 1. The Kier molecular flexibility index (Phi) is 5.32. The SMILES string of the molecule is COC(=O)c1c(Cc2ccc(C(=O)O)cc2)c(=O)c2cccnc2n1-c1ccccc1. The molecule has 31 heavy (non-hydrogen) atoms. The van der Waals surface area contributed by atoms with Crippen molar-refractivity contribution in [3.63, 3.8) is 0 Å². The minimum Gasteiger partial charge on any atom is -0.478 e. The molecule has 2 aromatic carbocycles. The van der Waals surface area contributed by atoms with Gasteiger partial charge in [0.25, 0.3) is 0 Å². The molecule has 0 bridgehead atoms. The van der Waals surface area contributed by atoms with Gasteiger partial charge in [0.2, 0.25) is 0 Å². The Bertz CT molecular complexity index is 1340. The molecule has 2 aromatic heterocycles. The van der Waals surface area contributed by atoms with Crippen LogP contribution in [0.1, 0.15) is 32.0 Å². The Balaban J connectivity index is 2.02. The first-order valence-corrected chi connectivity index (χ1v) is 9.50. The Labute approximate surface area is 177 Å². The van der Waals surface area contributed by atoms with Gasteiger partial charge in [-0.1, -0.05) is 30.3 Å². The van der Waals surface area contributed by atoms with Gasteiger partial charge in [0.15, 0.2) is 5.43 Å². The summed E-state index contributed by atoms with van der Waals surface area (Å²) in [6.45, 7) is 0. The van der Waals surface area contributed by atoms with E-state index < -0.39 is 11.9 Å². The van der Waals surface area contributed by atoms with Crippen molar-refractivity contribution in [2.24, 2.45) is 0 Å². The van der Waals surface area contributed by atoms with E-state index in [0.717, 1.165) is 0 Å². The number of carboxylic acid groups (broad SMARTS) is 1. The molecule has 1 N–H and O–H groups in total. The lowest BCUT2D eigenvalue weighted by Crippen LogP contribution is -2.25. The van der Waals surface area contributed by atoms with Gasteiger partial charge >= 0.3 is 11.9 Å². The van der Waals surface area contributed by atoms with Crippen LogP contribution in [0.3, 0.4) is 0 Å². The van der Waals surface area contributed by atoms with Crippen molar-refractivity contribution in [2.75, 3.05) is 7.11 Å². The number of para-hydroxylation sites is 1. The number of aromatic carboxylic acids is 1. The standard InChI is InChI=1S/C24H18N2O5/c1-31-24(30)20-19(14-15-9-11-16(12-10-15)23(28)29)21(27)18-8-5-13-25-22(18)26(20)17-6-3-2-4-7-17/h2-13H,14H2,1H3,(H,28,29). The maximum atomic E-state index is 13.4. The number of pyridine rings is 2. The van der Waals surface area contributed by atoms with Crippen LogP contribution < -0.4 is 5.43 Å². The van der Waals surface area contributed by atoms with E-state index in [1.54, 1.807) is 35.0 Å². The van der Waals surface area contributed by atoms with Gasteiger partial charge in [-0.25, -0.2) is 14.6 Å². The molecule has 0 unspecified atom stereocenters. The van der Waals surface area contributed by atoms with Crippen molar-refractivity contribution in [3.05, 3.63) is 106 Å². The lowest BCUT2D eigenvalue weighted by molar-refractivity contribution is 0.0589. The Morgan fingerprint density at radius 2 is 1.71 bits per heavy atom. The van der Waals surface area contributed by atoms with E-state index in [1.807, 2.05) is 30.3 Å². The van der Waals surface area contributed by atoms with E-state index in [1.165, 1.54) is 19.2 Å². The number of benzene rings is 2. The number of hydrogen-bond acceptors (Lipinski definition) is 5. The molecule has 4 rings (SSSR count). The smallest absolute Gasteiger partial charge is 0.355 e. The van der Waals surface area contributed by atoms with Gasteiger partial charge in [0, 0.05) is 23.9 Å². The highest BCUT2D eigenvalue weighted by molar-refractivity contribution is 5.94. The average molecular weight is 414 g/mol. The summed E-state index contributed by atoms with van der Waals surface area (Å²) in [5.41, 5.74) is 1.86. The van der Waals surface area contributed by atoms with Crippen molar-refractivity contribution in [1.82, 2.24) is 9.55 Å². The second kappa shape index (κ2) is 8.23. The van der Waals surface area contributed by atoms with Crippen molar-refractivity contribution < 1.29 is 19.4 Å². The molecule has 0 aliphatic rings. The minimum absolute atomic E-state index is 0.0900. The van der Waals surface area contributed by atoms with E-state index in [4.69, 9.17) is 9.84 Å². The zero-order valence-electron chi connectivity index (χ0n) is 16.6. The molecule has 154 valence electrons. The summed E-state index contributed by atoms with van der Waals surface area (Å²) >= 11 is 0. The second-order valence-corrected chi connectivity index (χ2v) is 6.87. The van der Waals surface area contributed by atoms with E-state index in [9.17, 15) is 14.4 Å². The van der Waals surface area contributed by atoms with Crippen molar-refractivity contribution in [1.29, 1.82) is 0 Å². The minimum atomic E-state index is -1.04. The van der Waals surface area contributed by atoms with Gasteiger partial charge in [-0.3, -0.25) is 9.36 Å². The summed E-state index contributed by atoms with van der Waals surface area (Å²) < 4.78 is 6.66. The Morgan fingerprint density at radius 3 is 2.35 bits per heavy atom. The Morgan fingerprint density at radius 1 is 1.00 bits per heavy atom. The summed E-state index contributed by atoms with van der Waals surface area (Å²) in [6, 6.07) is 18.7. The van der Waals surface area contributed by atoms with Gasteiger partial charge in [-0.05, 0) is 42.0 Å². The van der Waals surface area contributed by atoms with Crippen molar-refractivity contribution in [3.8, 4) is 5.69 Å². The number of nitrogens with zero attached hydrogens (tertiary/aromatic N) is 2. The number of ether oxygens (including phenoxy) is 1.